The third-order valence-electron chi connectivity index (χ3n) is 16.9. The van der Waals surface area contributed by atoms with Crippen molar-refractivity contribution in [2.45, 2.75) is 158 Å². The predicted octanol–water partition coefficient (Wildman–Crippen LogP) is 10.6. The van der Waals surface area contributed by atoms with E-state index in [4.69, 9.17) is 4.74 Å². The van der Waals surface area contributed by atoms with Gasteiger partial charge in [-0.05, 0) is 146 Å². The summed E-state index contributed by atoms with van der Waals surface area (Å²) < 4.78 is 20.9. The van der Waals surface area contributed by atoms with Gasteiger partial charge in [-0.2, -0.15) is 0 Å². The van der Waals surface area contributed by atoms with Crippen LogP contribution in [0.2, 0.25) is 0 Å². The molecule has 0 saturated heterocycles. The molecule has 53 heavy (non-hydrogen) atoms. The van der Waals surface area contributed by atoms with Crippen LogP contribution in [0.3, 0.4) is 0 Å². The average Bonchev–Trinajstić information content (AvgIpc) is 3.41. The van der Waals surface area contributed by atoms with Gasteiger partial charge in [0.2, 0.25) is 5.91 Å². The molecule has 1 aromatic rings. The second-order valence-electron chi connectivity index (χ2n) is 20.8. The van der Waals surface area contributed by atoms with Crippen molar-refractivity contribution >= 4 is 17.8 Å². The fraction of sp³-hybridized carbons (Fsp3) is 0.761. The number of carboxylic acids is 1. The Morgan fingerprint density at radius 3 is 2.30 bits per heavy atom. The van der Waals surface area contributed by atoms with Crippen molar-refractivity contribution in [3.05, 3.63) is 47.3 Å². The summed E-state index contributed by atoms with van der Waals surface area (Å²) >= 11 is 0. The van der Waals surface area contributed by atoms with Crippen LogP contribution in [-0.4, -0.2) is 29.1 Å². The van der Waals surface area contributed by atoms with Crippen LogP contribution in [0.15, 0.2) is 30.4 Å². The molecular formula is C46H68FNO5. The molecule has 5 fully saturated rings. The number of aliphatic carboxylic acids is 1. The zero-order valence-corrected chi connectivity index (χ0v) is 34.3. The number of aryl methyl sites for hydroxylation is 1. The van der Waals surface area contributed by atoms with Gasteiger partial charge in [0, 0.05) is 23.9 Å². The van der Waals surface area contributed by atoms with Gasteiger partial charge >= 0.3 is 11.9 Å². The topological polar surface area (TPSA) is 92.7 Å². The molecule has 5 saturated carbocycles. The van der Waals surface area contributed by atoms with E-state index >= 15 is 0 Å². The Morgan fingerprint density at radius 1 is 0.925 bits per heavy atom. The molecule has 5 aliphatic carbocycles. The highest BCUT2D eigenvalue weighted by Gasteiger charge is 2.71. The van der Waals surface area contributed by atoms with Gasteiger partial charge in [-0.1, -0.05) is 72.8 Å². The Bertz CT molecular complexity index is 1630. The van der Waals surface area contributed by atoms with Gasteiger partial charge in [0.05, 0.1) is 12.8 Å². The van der Waals surface area contributed by atoms with Gasteiger partial charge in [0.15, 0.2) is 0 Å². The minimum absolute atomic E-state index is 0.0407. The van der Waals surface area contributed by atoms with Crippen molar-refractivity contribution in [2.24, 2.45) is 62.1 Å². The summed E-state index contributed by atoms with van der Waals surface area (Å²) in [5.74, 6) is 0.936. The number of ether oxygens (including phenoxy) is 1. The Balaban J connectivity index is 1.21. The Labute approximate surface area is 318 Å². The van der Waals surface area contributed by atoms with Crippen molar-refractivity contribution in [2.75, 3.05) is 0 Å². The average molecular weight is 734 g/mol. The van der Waals surface area contributed by atoms with E-state index in [2.05, 4.69) is 53.4 Å². The molecule has 5 aliphatic rings. The van der Waals surface area contributed by atoms with E-state index in [1.807, 2.05) is 26.8 Å². The molecule has 6 nitrogen and oxygen atoms in total. The highest BCUT2D eigenvalue weighted by atomic mass is 19.1. The standard InChI is InChI=1S/C46H68FNO5/c1-28(2)31-15-20-46(24-37(49)48-27-30-12-11-29(3)23-33(30)47)22-21-44(9)32(40(31)46)13-14-35-43(8)18-17-36(42(6,7)34(43)16-19-45(35,44)10)53-39(52)26-41(4,5)25-38(50)51/h11-12,23,31-32,34-36,40H,1,13-22,24-27H2,2-10H3,(H,48,49)(H,50,51)/t31-,32+,34-,35+,36-,40+,43-,44+,45+,46+/m0/s1. The van der Waals surface area contributed by atoms with Crippen LogP contribution < -0.4 is 5.32 Å². The smallest absolute Gasteiger partial charge is 0.306 e. The molecule has 0 radical (unpaired) electrons. The van der Waals surface area contributed by atoms with Crippen molar-refractivity contribution < 1.29 is 28.6 Å². The number of carboxylic acid groups (broad SMARTS) is 1. The molecule has 1 aromatic carbocycles. The van der Waals surface area contributed by atoms with Gasteiger partial charge in [-0.15, -0.1) is 0 Å². The van der Waals surface area contributed by atoms with Crippen LogP contribution in [0.1, 0.15) is 150 Å². The maximum absolute atomic E-state index is 14.6. The van der Waals surface area contributed by atoms with Crippen LogP contribution in [0.25, 0.3) is 0 Å². The number of fused-ring (bicyclic) bond motifs is 7. The van der Waals surface area contributed by atoms with E-state index in [0.29, 0.717) is 41.6 Å². The van der Waals surface area contributed by atoms with Crippen molar-refractivity contribution in [3.8, 4) is 0 Å². The summed E-state index contributed by atoms with van der Waals surface area (Å²) in [7, 11) is 0. The van der Waals surface area contributed by atoms with Crippen molar-refractivity contribution in [1.29, 1.82) is 0 Å². The lowest BCUT2D eigenvalue weighted by Gasteiger charge is -2.73. The second-order valence-corrected chi connectivity index (χ2v) is 20.8. The Morgan fingerprint density at radius 2 is 1.64 bits per heavy atom. The minimum Gasteiger partial charge on any atom is -0.481 e. The number of esters is 1. The summed E-state index contributed by atoms with van der Waals surface area (Å²) in [6.07, 6.45) is 11.2. The first-order valence-corrected chi connectivity index (χ1v) is 20.7. The van der Waals surface area contributed by atoms with Gasteiger partial charge in [-0.25, -0.2) is 4.39 Å². The molecule has 0 bridgehead atoms. The van der Waals surface area contributed by atoms with Crippen LogP contribution in [-0.2, 0) is 25.7 Å². The highest BCUT2D eigenvalue weighted by Crippen LogP contribution is 2.78. The molecular weight excluding hydrogens is 666 g/mol. The number of hydrogen-bond acceptors (Lipinski definition) is 4. The van der Waals surface area contributed by atoms with E-state index in [1.165, 1.54) is 24.5 Å². The van der Waals surface area contributed by atoms with E-state index in [-0.39, 0.29) is 70.3 Å². The van der Waals surface area contributed by atoms with E-state index in [0.717, 1.165) is 56.9 Å². The first kappa shape index (κ1) is 40.0. The molecule has 0 aliphatic heterocycles. The molecule has 294 valence electrons. The number of benzene rings is 1. The van der Waals surface area contributed by atoms with E-state index < -0.39 is 11.4 Å². The molecule has 1 amide bonds. The first-order valence-electron chi connectivity index (χ1n) is 20.7. The number of amides is 1. The quantitative estimate of drug-likeness (QED) is 0.184. The van der Waals surface area contributed by atoms with Crippen LogP contribution in [0.4, 0.5) is 4.39 Å². The summed E-state index contributed by atoms with van der Waals surface area (Å²) in [6.45, 7) is 24.9. The number of carbonyl (C=O) groups excluding carboxylic acids is 2. The highest BCUT2D eigenvalue weighted by molar-refractivity contribution is 5.77. The second kappa shape index (κ2) is 13.8. The molecule has 6 rings (SSSR count). The van der Waals surface area contributed by atoms with Gasteiger partial charge < -0.3 is 15.2 Å². The molecule has 0 aromatic heterocycles. The van der Waals surface area contributed by atoms with Crippen molar-refractivity contribution in [1.82, 2.24) is 5.32 Å². The lowest BCUT2D eigenvalue weighted by molar-refractivity contribution is -0.250. The summed E-state index contributed by atoms with van der Waals surface area (Å²) in [5.41, 5.74) is 2.18. The first-order chi connectivity index (χ1) is 24.6. The maximum Gasteiger partial charge on any atom is 0.306 e. The van der Waals surface area contributed by atoms with Gasteiger partial charge in [0.25, 0.3) is 0 Å². The lowest BCUT2D eigenvalue weighted by atomic mass is 9.32. The maximum atomic E-state index is 14.6. The Kier molecular flexibility index (Phi) is 10.4. The normalized spacial score (nSPS) is 38.8. The number of carbonyl (C=O) groups is 3. The number of nitrogens with one attached hydrogen (secondary N) is 1. The molecule has 2 N–H and O–H groups in total. The molecule has 7 heteroatoms. The number of rotatable bonds is 10. The third kappa shape index (κ3) is 6.81. The molecule has 10 atom stereocenters. The van der Waals surface area contributed by atoms with E-state index in [1.54, 1.807) is 6.07 Å². The molecule has 0 spiro atoms. The van der Waals surface area contributed by atoms with Crippen LogP contribution >= 0.6 is 0 Å². The fourth-order valence-corrected chi connectivity index (χ4v) is 14.2. The summed E-state index contributed by atoms with van der Waals surface area (Å²) in [5, 5.41) is 12.5. The largest absolute Gasteiger partial charge is 0.481 e. The number of halogens is 1. The monoisotopic (exact) mass is 734 g/mol. The number of hydrogen-bond donors (Lipinski definition) is 2. The predicted molar refractivity (Wildman–Crippen MR) is 207 cm³/mol. The number of allylic oxidation sites excluding steroid dienone is 1. The van der Waals surface area contributed by atoms with Crippen molar-refractivity contribution in [3.63, 3.8) is 0 Å². The fourth-order valence-electron chi connectivity index (χ4n) is 14.2. The van der Waals surface area contributed by atoms with E-state index in [9.17, 15) is 23.9 Å². The zero-order valence-electron chi connectivity index (χ0n) is 34.3. The van der Waals surface area contributed by atoms with Crippen LogP contribution in [0.5, 0.6) is 0 Å². The minimum atomic E-state index is -0.894. The third-order valence-corrected chi connectivity index (χ3v) is 16.9. The van der Waals surface area contributed by atoms with Crippen LogP contribution in [0, 0.1) is 74.8 Å². The zero-order chi connectivity index (χ0) is 38.9. The molecule has 0 heterocycles. The SMILES string of the molecule is C=C(C)[C@@H]1CC[C@]2(CC(=O)NCc3ccc(C)cc3F)CC[C@]3(C)[C@H](CC[C@@H]4[C@@]5(C)CC[C@H](OC(=O)CC(C)(C)CC(=O)O)C(C)(C)[C@@H]5CC[C@]43C)[C@@H]12. The lowest BCUT2D eigenvalue weighted by Crippen LogP contribution is -2.67. The Hall–Kier alpha value is -2.70. The molecule has 0 unspecified atom stereocenters. The van der Waals surface area contributed by atoms with Gasteiger partial charge in [-0.3, -0.25) is 14.4 Å². The summed E-state index contributed by atoms with van der Waals surface area (Å²) in [4.78, 5) is 38.4. The summed E-state index contributed by atoms with van der Waals surface area (Å²) in [6, 6.07) is 5.22. The van der Waals surface area contributed by atoms with Gasteiger partial charge in [0.1, 0.15) is 11.9 Å².